The van der Waals surface area contributed by atoms with Crippen LogP contribution in [0.1, 0.15) is 20.3 Å². The molecular formula is C11H19NO. The van der Waals surface area contributed by atoms with Crippen molar-refractivity contribution in [3.8, 4) is 0 Å². The molecule has 0 saturated carbocycles. The summed E-state index contributed by atoms with van der Waals surface area (Å²) in [6.07, 6.45) is 7.94. The fourth-order valence-corrected chi connectivity index (χ4v) is 1.71. The van der Waals surface area contributed by atoms with Crippen molar-refractivity contribution in [2.24, 2.45) is 0 Å². The lowest BCUT2D eigenvalue weighted by Gasteiger charge is -2.19. The maximum absolute atomic E-state index is 5.32. The third-order valence-corrected chi connectivity index (χ3v) is 2.48. The Hall–Kier alpha value is -0.760. The molecule has 1 aliphatic rings. The molecule has 2 nitrogen and oxygen atoms in total. The highest BCUT2D eigenvalue weighted by molar-refractivity contribution is 5.17. The van der Waals surface area contributed by atoms with Gasteiger partial charge in [0.15, 0.2) is 0 Å². The van der Waals surface area contributed by atoms with Gasteiger partial charge in [-0.05, 0) is 26.3 Å². The molecule has 1 atom stereocenters. The van der Waals surface area contributed by atoms with E-state index < -0.39 is 0 Å². The third kappa shape index (κ3) is 2.59. The van der Waals surface area contributed by atoms with E-state index in [1.807, 2.05) is 6.92 Å². The van der Waals surface area contributed by atoms with Crippen molar-refractivity contribution in [1.82, 2.24) is 4.90 Å². The summed E-state index contributed by atoms with van der Waals surface area (Å²) in [5, 5.41) is 0. The van der Waals surface area contributed by atoms with E-state index in [9.17, 15) is 0 Å². The monoisotopic (exact) mass is 181 g/mol. The zero-order valence-electron chi connectivity index (χ0n) is 8.79. The molecule has 0 aromatic heterocycles. The second-order valence-corrected chi connectivity index (χ2v) is 3.31. The molecular weight excluding hydrogens is 162 g/mol. The van der Waals surface area contributed by atoms with Crippen molar-refractivity contribution in [2.45, 2.75) is 26.4 Å². The van der Waals surface area contributed by atoms with Gasteiger partial charge in [0.1, 0.15) is 0 Å². The van der Waals surface area contributed by atoms with Crippen LogP contribution >= 0.6 is 0 Å². The van der Waals surface area contributed by atoms with Gasteiger partial charge in [0.2, 0.25) is 0 Å². The van der Waals surface area contributed by atoms with Gasteiger partial charge in [0.25, 0.3) is 0 Å². The summed E-state index contributed by atoms with van der Waals surface area (Å²) in [4.78, 5) is 2.37. The Bertz CT molecular complexity index is 208. The number of hydrogen-bond donors (Lipinski definition) is 0. The van der Waals surface area contributed by atoms with Gasteiger partial charge < -0.3 is 9.64 Å². The molecule has 1 unspecified atom stereocenters. The SMILES string of the molecule is CC=CC(=CC)N1CCC(OC)C1. The largest absolute Gasteiger partial charge is 0.380 e. The minimum absolute atomic E-state index is 0.417. The number of allylic oxidation sites excluding steroid dienone is 3. The second-order valence-electron chi connectivity index (χ2n) is 3.31. The van der Waals surface area contributed by atoms with Crippen LogP contribution in [0.4, 0.5) is 0 Å². The quantitative estimate of drug-likeness (QED) is 0.619. The van der Waals surface area contributed by atoms with Crippen LogP contribution in [0.25, 0.3) is 0 Å². The smallest absolute Gasteiger partial charge is 0.0762 e. The molecule has 0 radical (unpaired) electrons. The minimum atomic E-state index is 0.417. The van der Waals surface area contributed by atoms with Crippen molar-refractivity contribution in [2.75, 3.05) is 20.2 Å². The van der Waals surface area contributed by atoms with Crippen LogP contribution in [0.2, 0.25) is 0 Å². The van der Waals surface area contributed by atoms with Gasteiger partial charge >= 0.3 is 0 Å². The fourth-order valence-electron chi connectivity index (χ4n) is 1.71. The standard InChI is InChI=1S/C11H19NO/c1-4-6-10(5-2)12-8-7-11(9-12)13-3/h4-6,11H,7-9H2,1-3H3. The summed E-state index contributed by atoms with van der Waals surface area (Å²) in [6, 6.07) is 0. The van der Waals surface area contributed by atoms with Crippen LogP contribution in [-0.4, -0.2) is 31.2 Å². The molecule has 1 heterocycles. The Morgan fingerprint density at radius 3 is 2.69 bits per heavy atom. The van der Waals surface area contributed by atoms with Crippen LogP contribution in [0.5, 0.6) is 0 Å². The Kier molecular flexibility index (Phi) is 4.03. The maximum Gasteiger partial charge on any atom is 0.0762 e. The van der Waals surface area contributed by atoms with Crippen LogP contribution in [0.15, 0.2) is 23.9 Å². The third-order valence-electron chi connectivity index (χ3n) is 2.48. The van der Waals surface area contributed by atoms with Gasteiger partial charge in [-0.3, -0.25) is 0 Å². The molecule has 1 fully saturated rings. The maximum atomic E-state index is 5.32. The summed E-state index contributed by atoms with van der Waals surface area (Å²) >= 11 is 0. The molecule has 0 spiro atoms. The molecule has 1 saturated heterocycles. The molecule has 0 aromatic carbocycles. The molecule has 13 heavy (non-hydrogen) atoms. The second kappa shape index (κ2) is 5.07. The van der Waals surface area contributed by atoms with Gasteiger partial charge in [-0.2, -0.15) is 0 Å². The normalized spacial score (nSPS) is 24.7. The molecule has 0 bridgehead atoms. The predicted molar refractivity (Wildman–Crippen MR) is 55.6 cm³/mol. The highest BCUT2D eigenvalue weighted by atomic mass is 16.5. The van der Waals surface area contributed by atoms with E-state index in [0.29, 0.717) is 6.10 Å². The van der Waals surface area contributed by atoms with Gasteiger partial charge in [0, 0.05) is 25.9 Å². The number of rotatable bonds is 3. The van der Waals surface area contributed by atoms with E-state index >= 15 is 0 Å². The van der Waals surface area contributed by atoms with Crippen LogP contribution in [0, 0.1) is 0 Å². The minimum Gasteiger partial charge on any atom is -0.380 e. The van der Waals surface area contributed by atoms with Crippen LogP contribution < -0.4 is 0 Å². The molecule has 0 aromatic rings. The zero-order chi connectivity index (χ0) is 9.68. The molecule has 1 aliphatic heterocycles. The topological polar surface area (TPSA) is 12.5 Å². The van der Waals surface area contributed by atoms with Gasteiger partial charge in [-0.15, -0.1) is 0 Å². The molecule has 0 N–H and O–H groups in total. The van der Waals surface area contributed by atoms with E-state index in [0.717, 1.165) is 19.5 Å². The fraction of sp³-hybridized carbons (Fsp3) is 0.636. The first-order valence-corrected chi connectivity index (χ1v) is 4.88. The summed E-state index contributed by atoms with van der Waals surface area (Å²) < 4.78 is 5.32. The Morgan fingerprint density at radius 1 is 1.46 bits per heavy atom. The van der Waals surface area contributed by atoms with E-state index in [1.165, 1.54) is 5.70 Å². The zero-order valence-corrected chi connectivity index (χ0v) is 8.79. The highest BCUT2D eigenvalue weighted by Gasteiger charge is 2.21. The summed E-state index contributed by atoms with van der Waals surface area (Å²) in [6.45, 7) is 6.27. The number of ether oxygens (including phenoxy) is 1. The van der Waals surface area contributed by atoms with Crippen LogP contribution in [0.3, 0.4) is 0 Å². The Labute approximate surface area is 80.9 Å². The number of likely N-dealkylation sites (tertiary alicyclic amines) is 1. The lowest BCUT2D eigenvalue weighted by molar-refractivity contribution is 0.112. The molecule has 1 rings (SSSR count). The first-order valence-electron chi connectivity index (χ1n) is 4.88. The number of methoxy groups -OCH3 is 1. The molecule has 0 aliphatic carbocycles. The highest BCUT2D eigenvalue weighted by Crippen LogP contribution is 2.17. The Morgan fingerprint density at radius 2 is 2.23 bits per heavy atom. The van der Waals surface area contributed by atoms with E-state index in [4.69, 9.17) is 4.74 Å². The van der Waals surface area contributed by atoms with Crippen molar-refractivity contribution in [3.63, 3.8) is 0 Å². The van der Waals surface area contributed by atoms with Gasteiger partial charge in [0.05, 0.1) is 6.10 Å². The lowest BCUT2D eigenvalue weighted by atomic mass is 10.3. The average Bonchev–Trinajstić information content (AvgIpc) is 2.62. The summed E-state index contributed by atoms with van der Waals surface area (Å²) in [5.41, 5.74) is 1.31. The van der Waals surface area contributed by atoms with E-state index in [1.54, 1.807) is 7.11 Å². The molecule has 74 valence electrons. The van der Waals surface area contributed by atoms with E-state index in [-0.39, 0.29) is 0 Å². The first-order chi connectivity index (χ1) is 6.31. The summed E-state index contributed by atoms with van der Waals surface area (Å²) in [5.74, 6) is 0. The first kappa shape index (κ1) is 10.3. The Balaban J connectivity index is 2.53. The lowest BCUT2D eigenvalue weighted by Crippen LogP contribution is -2.21. The molecule has 0 amide bonds. The average molecular weight is 181 g/mol. The van der Waals surface area contributed by atoms with E-state index in [2.05, 4.69) is 30.1 Å². The predicted octanol–water partition coefficient (Wildman–Crippen LogP) is 2.19. The van der Waals surface area contributed by atoms with Crippen molar-refractivity contribution in [3.05, 3.63) is 23.9 Å². The molecule has 2 heteroatoms. The van der Waals surface area contributed by atoms with Gasteiger partial charge in [-0.25, -0.2) is 0 Å². The van der Waals surface area contributed by atoms with Crippen molar-refractivity contribution in [1.29, 1.82) is 0 Å². The van der Waals surface area contributed by atoms with Crippen molar-refractivity contribution < 1.29 is 4.74 Å². The van der Waals surface area contributed by atoms with Gasteiger partial charge in [-0.1, -0.05) is 12.2 Å². The summed E-state index contributed by atoms with van der Waals surface area (Å²) in [7, 11) is 1.79. The number of hydrogen-bond acceptors (Lipinski definition) is 2. The number of nitrogens with zero attached hydrogens (tertiary/aromatic N) is 1. The van der Waals surface area contributed by atoms with Crippen LogP contribution in [-0.2, 0) is 4.74 Å². The van der Waals surface area contributed by atoms with Crippen molar-refractivity contribution >= 4 is 0 Å².